The lowest BCUT2D eigenvalue weighted by molar-refractivity contribution is -0.384. The van der Waals surface area contributed by atoms with Crippen molar-refractivity contribution in [2.24, 2.45) is 0 Å². The van der Waals surface area contributed by atoms with Crippen LogP contribution < -0.4 is 5.32 Å². The summed E-state index contributed by atoms with van der Waals surface area (Å²) >= 11 is 5.85. The Morgan fingerprint density at radius 2 is 2.31 bits per heavy atom. The highest BCUT2D eigenvalue weighted by Crippen LogP contribution is 2.34. The summed E-state index contributed by atoms with van der Waals surface area (Å²) in [6.45, 7) is 0.802. The molecule has 2 rings (SSSR count). The van der Waals surface area contributed by atoms with Crippen LogP contribution in [0.5, 0.6) is 0 Å². The second-order valence-electron chi connectivity index (χ2n) is 2.90. The van der Waals surface area contributed by atoms with Crippen LogP contribution in [-0.2, 0) is 6.42 Å². The van der Waals surface area contributed by atoms with Crippen molar-refractivity contribution in [3.05, 3.63) is 32.8 Å². The van der Waals surface area contributed by atoms with E-state index < -0.39 is 4.92 Å². The van der Waals surface area contributed by atoms with Gasteiger partial charge in [0.1, 0.15) is 0 Å². The molecule has 1 aliphatic heterocycles. The monoisotopic (exact) mass is 198 g/mol. The van der Waals surface area contributed by atoms with E-state index in [0.717, 1.165) is 24.2 Å². The molecule has 0 atom stereocenters. The molecule has 1 N–H and O–H groups in total. The Labute approximate surface area is 79.7 Å². The van der Waals surface area contributed by atoms with Crippen LogP contribution in [0.3, 0.4) is 0 Å². The largest absolute Gasteiger partial charge is 0.383 e. The van der Waals surface area contributed by atoms with Crippen LogP contribution in [0.15, 0.2) is 12.1 Å². The first kappa shape index (κ1) is 8.31. The number of nitrogens with zero attached hydrogens (tertiary/aromatic N) is 1. The highest BCUT2D eigenvalue weighted by molar-refractivity contribution is 6.33. The number of non-ortho nitro benzene ring substituents is 1. The third-order valence-electron chi connectivity index (χ3n) is 2.06. The zero-order chi connectivity index (χ0) is 9.42. The van der Waals surface area contributed by atoms with Gasteiger partial charge in [-0.05, 0) is 12.0 Å². The second-order valence-corrected chi connectivity index (χ2v) is 3.30. The quantitative estimate of drug-likeness (QED) is 0.556. The maximum atomic E-state index is 10.5. The summed E-state index contributed by atoms with van der Waals surface area (Å²) in [6, 6.07) is 2.94. The van der Waals surface area contributed by atoms with Crippen molar-refractivity contribution in [3.63, 3.8) is 0 Å². The molecule has 0 saturated heterocycles. The van der Waals surface area contributed by atoms with Crippen LogP contribution in [0, 0.1) is 10.1 Å². The zero-order valence-corrected chi connectivity index (χ0v) is 7.47. The van der Waals surface area contributed by atoms with Crippen molar-refractivity contribution in [2.75, 3.05) is 11.9 Å². The number of nitrogens with one attached hydrogen (secondary N) is 1. The number of hydrogen-bond acceptors (Lipinski definition) is 3. The molecule has 0 radical (unpaired) electrons. The molecule has 0 amide bonds. The Bertz CT molecular complexity index is 379. The lowest BCUT2D eigenvalue weighted by Gasteiger charge is -2.01. The number of rotatable bonds is 1. The lowest BCUT2D eigenvalue weighted by atomic mass is 10.1. The first-order chi connectivity index (χ1) is 6.18. The number of nitro groups is 1. The number of nitro benzene ring substituents is 1. The van der Waals surface area contributed by atoms with E-state index in [2.05, 4.69) is 5.32 Å². The summed E-state index contributed by atoms with van der Waals surface area (Å²) in [6.07, 6.45) is 0.802. The standard InChI is InChI=1S/C8H7ClN2O2/c9-7-4-6(11(12)13)3-5-1-2-10-8(5)7/h3-4,10H,1-2H2. The number of benzene rings is 1. The number of fused-ring (bicyclic) bond motifs is 1. The molecule has 0 spiro atoms. The normalized spacial score (nSPS) is 13.6. The number of halogens is 1. The molecule has 0 saturated carbocycles. The van der Waals surface area contributed by atoms with E-state index in [1.165, 1.54) is 6.07 Å². The Morgan fingerprint density at radius 1 is 1.54 bits per heavy atom. The Hall–Kier alpha value is -1.29. The molecule has 68 valence electrons. The van der Waals surface area contributed by atoms with Crippen LogP contribution in [-0.4, -0.2) is 11.5 Å². The molecule has 0 aliphatic carbocycles. The topological polar surface area (TPSA) is 55.2 Å². The highest BCUT2D eigenvalue weighted by atomic mass is 35.5. The molecule has 1 aliphatic rings. The molecule has 0 aromatic heterocycles. The molecule has 13 heavy (non-hydrogen) atoms. The van der Waals surface area contributed by atoms with Crippen molar-refractivity contribution in [3.8, 4) is 0 Å². The van der Waals surface area contributed by atoms with Crippen LogP contribution >= 0.6 is 11.6 Å². The Balaban J connectivity index is 2.55. The summed E-state index contributed by atoms with van der Waals surface area (Å²) in [5.41, 5.74) is 1.83. The van der Waals surface area contributed by atoms with Gasteiger partial charge in [0, 0.05) is 18.7 Å². The van der Waals surface area contributed by atoms with Gasteiger partial charge in [0.15, 0.2) is 0 Å². The Morgan fingerprint density at radius 3 is 3.00 bits per heavy atom. The predicted molar refractivity (Wildman–Crippen MR) is 50.3 cm³/mol. The first-order valence-corrected chi connectivity index (χ1v) is 4.27. The van der Waals surface area contributed by atoms with Gasteiger partial charge in [-0.15, -0.1) is 0 Å². The van der Waals surface area contributed by atoms with Gasteiger partial charge in [-0.1, -0.05) is 11.6 Å². The molecular formula is C8H7ClN2O2. The maximum Gasteiger partial charge on any atom is 0.271 e. The van der Waals surface area contributed by atoms with Crippen molar-refractivity contribution in [1.82, 2.24) is 0 Å². The van der Waals surface area contributed by atoms with Crippen molar-refractivity contribution >= 4 is 23.0 Å². The zero-order valence-electron chi connectivity index (χ0n) is 6.71. The van der Waals surface area contributed by atoms with Crippen molar-refractivity contribution in [2.45, 2.75) is 6.42 Å². The van der Waals surface area contributed by atoms with E-state index in [-0.39, 0.29) is 5.69 Å². The summed E-state index contributed by atoms with van der Waals surface area (Å²) in [4.78, 5) is 10.1. The van der Waals surface area contributed by atoms with Gasteiger partial charge in [-0.2, -0.15) is 0 Å². The van der Waals surface area contributed by atoms with Crippen LogP contribution in [0.25, 0.3) is 0 Å². The van der Waals surface area contributed by atoms with Gasteiger partial charge >= 0.3 is 0 Å². The average molecular weight is 199 g/mol. The molecule has 5 heteroatoms. The summed E-state index contributed by atoms with van der Waals surface area (Å²) < 4.78 is 0. The molecule has 1 heterocycles. The SMILES string of the molecule is O=[N+]([O-])c1cc(Cl)c2c(c1)CCN2. The molecular weight excluding hydrogens is 192 g/mol. The van der Waals surface area contributed by atoms with Gasteiger partial charge in [0.25, 0.3) is 5.69 Å². The number of anilines is 1. The Kier molecular flexibility index (Phi) is 1.84. The van der Waals surface area contributed by atoms with Gasteiger partial charge in [-0.3, -0.25) is 10.1 Å². The second kappa shape index (κ2) is 2.88. The first-order valence-electron chi connectivity index (χ1n) is 3.89. The van der Waals surface area contributed by atoms with E-state index in [9.17, 15) is 10.1 Å². The molecule has 0 unspecified atom stereocenters. The van der Waals surface area contributed by atoms with Crippen LogP contribution in [0.4, 0.5) is 11.4 Å². The van der Waals surface area contributed by atoms with Gasteiger partial charge in [-0.25, -0.2) is 0 Å². The fourth-order valence-corrected chi connectivity index (χ4v) is 1.77. The fraction of sp³-hybridized carbons (Fsp3) is 0.250. The van der Waals surface area contributed by atoms with E-state index >= 15 is 0 Å². The predicted octanol–water partition coefficient (Wildman–Crippen LogP) is 2.22. The number of hydrogen-bond donors (Lipinski definition) is 1. The van der Waals surface area contributed by atoms with Crippen molar-refractivity contribution < 1.29 is 4.92 Å². The molecule has 0 bridgehead atoms. The lowest BCUT2D eigenvalue weighted by Crippen LogP contribution is -1.92. The van der Waals surface area contributed by atoms with E-state index in [4.69, 9.17) is 11.6 Å². The third-order valence-corrected chi connectivity index (χ3v) is 2.36. The molecule has 1 aromatic carbocycles. The molecule has 4 nitrogen and oxygen atoms in total. The molecule has 1 aromatic rings. The summed E-state index contributed by atoms with van der Waals surface area (Å²) in [5.74, 6) is 0. The van der Waals surface area contributed by atoms with Gasteiger partial charge < -0.3 is 5.32 Å². The smallest absolute Gasteiger partial charge is 0.271 e. The van der Waals surface area contributed by atoms with Gasteiger partial charge in [0.05, 0.1) is 15.6 Å². The van der Waals surface area contributed by atoms with E-state index in [1.54, 1.807) is 6.07 Å². The van der Waals surface area contributed by atoms with Crippen LogP contribution in [0.1, 0.15) is 5.56 Å². The van der Waals surface area contributed by atoms with Crippen LogP contribution in [0.2, 0.25) is 5.02 Å². The van der Waals surface area contributed by atoms with E-state index in [1.807, 2.05) is 0 Å². The van der Waals surface area contributed by atoms with E-state index in [0.29, 0.717) is 5.02 Å². The minimum atomic E-state index is -0.426. The average Bonchev–Trinajstić information content (AvgIpc) is 2.51. The summed E-state index contributed by atoms with van der Waals surface area (Å²) in [7, 11) is 0. The van der Waals surface area contributed by atoms with Gasteiger partial charge in [0.2, 0.25) is 0 Å². The maximum absolute atomic E-state index is 10.5. The highest BCUT2D eigenvalue weighted by Gasteiger charge is 2.18. The summed E-state index contributed by atoms with van der Waals surface area (Å²) in [5, 5.41) is 14.0. The molecule has 0 fully saturated rings. The fourth-order valence-electron chi connectivity index (χ4n) is 1.47. The minimum absolute atomic E-state index is 0.0625. The van der Waals surface area contributed by atoms with Crippen molar-refractivity contribution in [1.29, 1.82) is 0 Å². The third kappa shape index (κ3) is 1.33. The minimum Gasteiger partial charge on any atom is -0.383 e.